The Labute approximate surface area is 139 Å². The minimum atomic E-state index is -0.422. The molecule has 0 radical (unpaired) electrons. The van der Waals surface area contributed by atoms with Gasteiger partial charge in [0.25, 0.3) is 0 Å². The van der Waals surface area contributed by atoms with Gasteiger partial charge in [-0.15, -0.1) is 12.4 Å². The molecule has 1 aliphatic heterocycles. The van der Waals surface area contributed by atoms with Gasteiger partial charge >= 0.3 is 0 Å². The maximum Gasteiger partial charge on any atom is 0.225 e. The number of nitrogens with one attached hydrogen (secondary N) is 1. The molecule has 2 fully saturated rings. The van der Waals surface area contributed by atoms with E-state index in [4.69, 9.17) is 5.73 Å². The van der Waals surface area contributed by atoms with E-state index in [9.17, 15) is 9.59 Å². The molecule has 1 aliphatic carbocycles. The van der Waals surface area contributed by atoms with Crippen molar-refractivity contribution in [3.8, 4) is 0 Å². The first-order valence-corrected chi connectivity index (χ1v) is 8.01. The summed E-state index contributed by atoms with van der Waals surface area (Å²) in [7, 11) is 0. The number of carbonyl (C=O) groups excluding carboxylic acids is 2. The van der Waals surface area contributed by atoms with E-state index >= 15 is 0 Å². The van der Waals surface area contributed by atoms with Gasteiger partial charge in [0, 0.05) is 24.0 Å². The number of hydrogen-bond acceptors (Lipinski definition) is 3. The molecule has 2 amide bonds. The summed E-state index contributed by atoms with van der Waals surface area (Å²) < 4.78 is 0. The van der Waals surface area contributed by atoms with Crippen LogP contribution >= 0.6 is 12.4 Å². The lowest BCUT2D eigenvalue weighted by molar-refractivity contribution is -0.131. The van der Waals surface area contributed by atoms with Crippen molar-refractivity contribution in [1.29, 1.82) is 0 Å². The van der Waals surface area contributed by atoms with Crippen LogP contribution in [0.3, 0.4) is 0 Å². The minimum absolute atomic E-state index is 0. The number of nitrogens with two attached hydrogens (primary N) is 1. The zero-order valence-electron chi connectivity index (χ0n) is 14.1. The zero-order chi connectivity index (χ0) is 15.8. The molecular weight excluding hydrogens is 302 g/mol. The highest BCUT2D eigenvalue weighted by Gasteiger charge is 2.41. The number of carbonyl (C=O) groups is 2. The highest BCUT2D eigenvalue weighted by molar-refractivity contribution is 5.85. The molecule has 1 saturated carbocycles. The number of likely N-dealkylation sites (tertiary alicyclic amines) is 1. The zero-order valence-corrected chi connectivity index (χ0v) is 15.0. The second-order valence-corrected chi connectivity index (χ2v) is 7.89. The lowest BCUT2D eigenvalue weighted by Gasteiger charge is -2.38. The summed E-state index contributed by atoms with van der Waals surface area (Å²) in [4.78, 5) is 26.4. The number of amides is 2. The standard InChI is InChI=1S/C16H29N3O2.ClH/c1-15(2,3)19-10-11(9-13(19)20)18-14(21)12-7-5-6-8-16(12,4)17;/h11-12H,5-10,17H2,1-4H3,(H,18,21);1H. The van der Waals surface area contributed by atoms with E-state index in [0.29, 0.717) is 13.0 Å². The fourth-order valence-corrected chi connectivity index (χ4v) is 3.54. The van der Waals surface area contributed by atoms with Gasteiger partial charge < -0.3 is 16.0 Å². The Morgan fingerprint density at radius 2 is 2.00 bits per heavy atom. The van der Waals surface area contributed by atoms with Gasteiger partial charge in [-0.2, -0.15) is 0 Å². The first-order valence-electron chi connectivity index (χ1n) is 8.01. The molecule has 5 nitrogen and oxygen atoms in total. The van der Waals surface area contributed by atoms with E-state index in [1.165, 1.54) is 0 Å². The van der Waals surface area contributed by atoms with Gasteiger partial charge in [-0.05, 0) is 40.5 Å². The molecule has 0 bridgehead atoms. The Kier molecular flexibility index (Phi) is 5.90. The lowest BCUT2D eigenvalue weighted by atomic mass is 9.74. The Morgan fingerprint density at radius 1 is 1.36 bits per heavy atom. The largest absolute Gasteiger partial charge is 0.351 e. The third kappa shape index (κ3) is 4.13. The number of nitrogens with zero attached hydrogens (tertiary/aromatic N) is 1. The van der Waals surface area contributed by atoms with Gasteiger partial charge in [0.1, 0.15) is 0 Å². The van der Waals surface area contributed by atoms with E-state index in [1.54, 1.807) is 0 Å². The molecule has 22 heavy (non-hydrogen) atoms. The minimum Gasteiger partial charge on any atom is -0.351 e. The molecule has 128 valence electrons. The maximum atomic E-state index is 12.5. The normalized spacial score (nSPS) is 32.6. The summed E-state index contributed by atoms with van der Waals surface area (Å²) in [6, 6.07) is -0.0815. The molecule has 0 aromatic heterocycles. The van der Waals surface area contributed by atoms with E-state index in [2.05, 4.69) is 5.32 Å². The lowest BCUT2D eigenvalue weighted by Crippen LogP contribution is -2.54. The van der Waals surface area contributed by atoms with Crippen LogP contribution in [-0.2, 0) is 9.59 Å². The van der Waals surface area contributed by atoms with Crippen molar-refractivity contribution in [2.75, 3.05) is 6.54 Å². The fraction of sp³-hybridized carbons (Fsp3) is 0.875. The van der Waals surface area contributed by atoms with Gasteiger partial charge in [-0.3, -0.25) is 9.59 Å². The third-order valence-electron chi connectivity index (χ3n) is 4.85. The summed E-state index contributed by atoms with van der Waals surface area (Å²) in [5, 5.41) is 3.06. The molecule has 1 heterocycles. The van der Waals surface area contributed by atoms with E-state index in [0.717, 1.165) is 25.7 Å². The van der Waals surface area contributed by atoms with Gasteiger partial charge in [-0.25, -0.2) is 0 Å². The Morgan fingerprint density at radius 3 is 2.50 bits per heavy atom. The fourth-order valence-electron chi connectivity index (χ4n) is 3.54. The van der Waals surface area contributed by atoms with E-state index in [1.807, 2.05) is 32.6 Å². The van der Waals surface area contributed by atoms with Gasteiger partial charge in [0.15, 0.2) is 0 Å². The average Bonchev–Trinajstić information content (AvgIpc) is 2.69. The highest BCUT2D eigenvalue weighted by Crippen LogP contribution is 2.32. The number of halogens is 1. The summed E-state index contributed by atoms with van der Waals surface area (Å²) in [6.45, 7) is 8.63. The van der Waals surface area contributed by atoms with E-state index < -0.39 is 5.54 Å². The van der Waals surface area contributed by atoms with Crippen molar-refractivity contribution in [2.45, 2.75) is 76.9 Å². The van der Waals surface area contributed by atoms with Gasteiger partial charge in [0.2, 0.25) is 11.8 Å². The smallest absolute Gasteiger partial charge is 0.225 e. The molecule has 2 aliphatic rings. The topological polar surface area (TPSA) is 75.4 Å². The molecule has 3 N–H and O–H groups in total. The van der Waals surface area contributed by atoms with Crippen molar-refractivity contribution in [3.63, 3.8) is 0 Å². The molecule has 0 spiro atoms. The molecule has 3 atom stereocenters. The Bertz CT molecular complexity index is 432. The predicted octanol–water partition coefficient (Wildman–Crippen LogP) is 1.83. The monoisotopic (exact) mass is 331 g/mol. The maximum absolute atomic E-state index is 12.5. The Balaban J connectivity index is 0.00000242. The van der Waals surface area contributed by atoms with Crippen LogP contribution in [0.5, 0.6) is 0 Å². The molecule has 0 aromatic rings. The van der Waals surface area contributed by atoms with Crippen molar-refractivity contribution in [1.82, 2.24) is 10.2 Å². The summed E-state index contributed by atoms with van der Waals surface area (Å²) in [5.74, 6) is 0.00486. The highest BCUT2D eigenvalue weighted by atomic mass is 35.5. The van der Waals surface area contributed by atoms with E-state index in [-0.39, 0.29) is 41.7 Å². The van der Waals surface area contributed by atoms with Crippen LogP contribution in [0.15, 0.2) is 0 Å². The molecule has 0 aromatic carbocycles. The first kappa shape index (κ1) is 19.2. The van der Waals surface area contributed by atoms with Crippen LogP contribution < -0.4 is 11.1 Å². The molecular formula is C16H30ClN3O2. The van der Waals surface area contributed by atoms with Gasteiger partial charge in [-0.1, -0.05) is 12.8 Å². The van der Waals surface area contributed by atoms with Crippen LogP contribution in [0.2, 0.25) is 0 Å². The van der Waals surface area contributed by atoms with Crippen LogP contribution in [0.4, 0.5) is 0 Å². The molecule has 6 heteroatoms. The van der Waals surface area contributed by atoms with Crippen molar-refractivity contribution >= 4 is 24.2 Å². The number of hydrogen-bond donors (Lipinski definition) is 2. The summed E-state index contributed by atoms with van der Waals surface area (Å²) in [6.07, 6.45) is 4.29. The SMILES string of the molecule is CC1(N)CCCCC1C(=O)NC1CC(=O)N(C(C)(C)C)C1.Cl. The molecule has 2 rings (SSSR count). The van der Waals surface area contributed by atoms with Crippen LogP contribution in [-0.4, -0.2) is 40.4 Å². The van der Waals surface area contributed by atoms with Crippen LogP contribution in [0.1, 0.15) is 59.8 Å². The Hall–Kier alpha value is -0.810. The van der Waals surface area contributed by atoms with Crippen molar-refractivity contribution in [3.05, 3.63) is 0 Å². The molecule has 1 saturated heterocycles. The quantitative estimate of drug-likeness (QED) is 0.810. The third-order valence-corrected chi connectivity index (χ3v) is 4.85. The summed E-state index contributed by atoms with van der Waals surface area (Å²) in [5.41, 5.74) is 5.67. The first-order chi connectivity index (χ1) is 9.61. The summed E-state index contributed by atoms with van der Waals surface area (Å²) >= 11 is 0. The second kappa shape index (κ2) is 6.75. The van der Waals surface area contributed by atoms with Crippen molar-refractivity contribution in [2.24, 2.45) is 11.7 Å². The number of rotatable bonds is 2. The van der Waals surface area contributed by atoms with Crippen molar-refractivity contribution < 1.29 is 9.59 Å². The predicted molar refractivity (Wildman–Crippen MR) is 89.8 cm³/mol. The van der Waals surface area contributed by atoms with Crippen LogP contribution in [0.25, 0.3) is 0 Å². The average molecular weight is 332 g/mol. The van der Waals surface area contributed by atoms with Gasteiger partial charge in [0.05, 0.1) is 12.0 Å². The second-order valence-electron chi connectivity index (χ2n) is 7.89. The molecule has 3 unspecified atom stereocenters. The van der Waals surface area contributed by atoms with Crippen LogP contribution in [0, 0.1) is 5.92 Å².